The van der Waals surface area contributed by atoms with E-state index in [1.165, 1.54) is 14.2 Å². The van der Waals surface area contributed by atoms with Crippen molar-refractivity contribution in [2.45, 2.75) is 49.9 Å². The van der Waals surface area contributed by atoms with Crippen LogP contribution in [0.5, 0.6) is 0 Å². The number of carbonyl (C=O) groups is 4. The van der Waals surface area contributed by atoms with Gasteiger partial charge in [0, 0.05) is 18.7 Å². The molecule has 2 saturated heterocycles. The Morgan fingerprint density at radius 1 is 0.679 bits per heavy atom. The van der Waals surface area contributed by atoms with Gasteiger partial charge in [0.15, 0.2) is 0 Å². The highest BCUT2D eigenvalue weighted by Gasteiger charge is 2.38. The lowest BCUT2D eigenvalue weighted by molar-refractivity contribution is -0.135. The van der Waals surface area contributed by atoms with E-state index in [1.807, 2.05) is 60.7 Å². The van der Waals surface area contributed by atoms with Crippen LogP contribution in [0.3, 0.4) is 0 Å². The molecule has 14 heteroatoms. The van der Waals surface area contributed by atoms with Crippen LogP contribution >= 0.6 is 0 Å². The number of rotatable bonds is 9. The maximum absolute atomic E-state index is 13.8. The molecule has 56 heavy (non-hydrogen) atoms. The van der Waals surface area contributed by atoms with Crippen molar-refractivity contribution in [1.82, 2.24) is 40.4 Å². The fraction of sp³-hybridized carbons (Fsp3) is 0.286. The number of likely N-dealkylation sites (tertiary alicyclic amines) is 2. The topological polar surface area (TPSA) is 175 Å². The molecule has 7 rings (SSSR count). The van der Waals surface area contributed by atoms with Gasteiger partial charge in [-0.05, 0) is 60.4 Å². The number of hydrogen-bond acceptors (Lipinski definition) is 8. The Morgan fingerprint density at radius 3 is 1.70 bits per heavy atom. The number of benzene rings is 3. The molecule has 0 unspecified atom stereocenters. The van der Waals surface area contributed by atoms with Crippen molar-refractivity contribution in [3.8, 4) is 23.1 Å². The molecule has 2 aromatic heterocycles. The van der Waals surface area contributed by atoms with Crippen LogP contribution in [0.15, 0.2) is 97.3 Å². The summed E-state index contributed by atoms with van der Waals surface area (Å²) < 4.78 is 9.61. The molecule has 2 fully saturated rings. The molecule has 4 heterocycles. The molecule has 4 amide bonds. The average Bonchev–Trinajstić information content (AvgIpc) is 4.08. The third-order valence-electron chi connectivity index (χ3n) is 10.1. The van der Waals surface area contributed by atoms with Crippen LogP contribution in [0.2, 0.25) is 0 Å². The highest BCUT2D eigenvalue weighted by Crippen LogP contribution is 2.35. The second kappa shape index (κ2) is 17.1. The molecule has 286 valence electrons. The summed E-state index contributed by atoms with van der Waals surface area (Å²) in [4.78, 5) is 71.4. The molecule has 4 N–H and O–H groups in total. The second-order valence-electron chi connectivity index (χ2n) is 13.5. The smallest absolute Gasteiger partial charge is 0.407 e. The summed E-state index contributed by atoms with van der Waals surface area (Å²) in [6.07, 6.45) is 5.11. The summed E-state index contributed by atoms with van der Waals surface area (Å²) in [6, 6.07) is 23.6. The molecular weight excluding hydrogens is 713 g/mol. The van der Waals surface area contributed by atoms with Gasteiger partial charge >= 0.3 is 12.2 Å². The third-order valence-corrected chi connectivity index (χ3v) is 10.1. The summed E-state index contributed by atoms with van der Waals surface area (Å²) in [6.45, 7) is 1.07. The number of carbonyl (C=O) groups excluding carboxylic acids is 4. The number of imidazole rings is 2. The Balaban J connectivity index is 1.01. The van der Waals surface area contributed by atoms with Crippen LogP contribution in [0, 0.1) is 11.8 Å². The summed E-state index contributed by atoms with van der Waals surface area (Å²) in [5, 5.41) is 5.38. The summed E-state index contributed by atoms with van der Waals surface area (Å²) in [7, 11) is 2.54. The van der Waals surface area contributed by atoms with Crippen molar-refractivity contribution in [2.24, 2.45) is 0 Å². The highest BCUT2D eigenvalue weighted by molar-refractivity contribution is 5.88. The Bertz CT molecular complexity index is 2230. The van der Waals surface area contributed by atoms with Gasteiger partial charge in [-0.3, -0.25) is 9.59 Å². The molecule has 0 aliphatic carbocycles. The van der Waals surface area contributed by atoms with Crippen molar-refractivity contribution < 1.29 is 28.7 Å². The van der Waals surface area contributed by atoms with Crippen molar-refractivity contribution in [2.75, 3.05) is 27.3 Å². The van der Waals surface area contributed by atoms with Gasteiger partial charge in [-0.2, -0.15) is 0 Å². The monoisotopic (exact) mass is 754 g/mol. The van der Waals surface area contributed by atoms with Crippen LogP contribution < -0.4 is 10.6 Å². The van der Waals surface area contributed by atoms with E-state index < -0.39 is 24.3 Å². The molecule has 14 nitrogen and oxygen atoms in total. The molecule has 0 saturated carbocycles. The van der Waals surface area contributed by atoms with Gasteiger partial charge in [0.05, 0.1) is 44.4 Å². The number of methoxy groups -OCH3 is 2. The highest BCUT2D eigenvalue weighted by atomic mass is 16.5. The number of aromatic amines is 2. The summed E-state index contributed by atoms with van der Waals surface area (Å²) in [5.74, 6) is 7.17. The first-order chi connectivity index (χ1) is 27.3. The second-order valence-corrected chi connectivity index (χ2v) is 13.5. The van der Waals surface area contributed by atoms with E-state index in [0.717, 1.165) is 42.5 Å². The number of hydrogen-bond donors (Lipinski definition) is 4. The molecule has 4 atom stereocenters. The van der Waals surface area contributed by atoms with E-state index in [1.54, 1.807) is 46.5 Å². The molecule has 0 spiro atoms. The third kappa shape index (κ3) is 8.27. The minimum atomic E-state index is -0.897. The molecule has 2 aliphatic heterocycles. The Morgan fingerprint density at radius 2 is 1.18 bits per heavy atom. The van der Waals surface area contributed by atoms with E-state index in [4.69, 9.17) is 9.47 Å². The van der Waals surface area contributed by atoms with Crippen molar-refractivity contribution >= 4 is 24.0 Å². The molecular formula is C42H42N8O6. The zero-order chi connectivity index (χ0) is 39.0. The van der Waals surface area contributed by atoms with Gasteiger partial charge < -0.3 is 39.9 Å². The first kappa shape index (κ1) is 37.4. The first-order valence-corrected chi connectivity index (χ1v) is 18.4. The van der Waals surface area contributed by atoms with Gasteiger partial charge in [-0.15, -0.1) is 0 Å². The first-order valence-electron chi connectivity index (χ1n) is 18.4. The van der Waals surface area contributed by atoms with Crippen LogP contribution in [0.4, 0.5) is 9.59 Å². The van der Waals surface area contributed by atoms with Crippen LogP contribution in [0.1, 0.15) is 83.9 Å². The minimum Gasteiger partial charge on any atom is -0.453 e. The van der Waals surface area contributed by atoms with E-state index in [2.05, 4.69) is 42.4 Å². The van der Waals surface area contributed by atoms with E-state index >= 15 is 0 Å². The standard InChI is InChI=1S/C42H42N8O6/c1-55-41(53)47-35(29-11-5-3-6-12-29)39(51)49-23-9-15-33(49)37-43-25-31(45-37)22-19-27-17-20-28(21-18-27)32-26-44-38(46-32)34-16-10-24-50(34)40(52)36(48-42(54)56-2)30-13-7-4-8-14-30/h3-8,11-14,17-18,20-21,25-26,33-36H,9-10,15-16,23-24H2,1-2H3,(H,43,45)(H,44,46)(H,47,53)(H,48,54)/t33-,34-,35-,36-/m1/s1. The van der Waals surface area contributed by atoms with Gasteiger partial charge in [-0.25, -0.2) is 19.6 Å². The lowest BCUT2D eigenvalue weighted by Gasteiger charge is -2.28. The fourth-order valence-corrected chi connectivity index (χ4v) is 7.28. The molecule has 0 radical (unpaired) electrons. The quantitative estimate of drug-likeness (QED) is 0.138. The average molecular weight is 755 g/mol. The Labute approximate surface area is 324 Å². The number of alkyl carbamates (subject to hydrolysis) is 2. The normalized spacial score (nSPS) is 17.3. The Hall–Kier alpha value is -6.88. The van der Waals surface area contributed by atoms with Crippen LogP contribution in [-0.4, -0.2) is 81.0 Å². The number of nitrogens with one attached hydrogen (secondary N) is 4. The van der Waals surface area contributed by atoms with E-state index in [0.29, 0.717) is 41.6 Å². The maximum atomic E-state index is 13.8. The van der Waals surface area contributed by atoms with Crippen molar-refractivity contribution in [3.63, 3.8) is 0 Å². The molecule has 5 aromatic rings. The number of amides is 4. The predicted octanol–water partition coefficient (Wildman–Crippen LogP) is 5.72. The van der Waals surface area contributed by atoms with Crippen LogP contribution in [0.25, 0.3) is 11.3 Å². The van der Waals surface area contributed by atoms with Gasteiger partial charge in [0.25, 0.3) is 11.8 Å². The van der Waals surface area contributed by atoms with Crippen LogP contribution in [-0.2, 0) is 19.1 Å². The zero-order valence-electron chi connectivity index (χ0n) is 31.0. The van der Waals surface area contributed by atoms with Gasteiger partial charge in [0.1, 0.15) is 29.4 Å². The maximum Gasteiger partial charge on any atom is 0.407 e. The van der Waals surface area contributed by atoms with Crippen molar-refractivity contribution in [3.05, 3.63) is 131 Å². The van der Waals surface area contributed by atoms with Gasteiger partial charge in [0.2, 0.25) is 0 Å². The number of aromatic nitrogens is 4. The predicted molar refractivity (Wildman–Crippen MR) is 205 cm³/mol. The number of ether oxygens (including phenoxy) is 2. The fourth-order valence-electron chi connectivity index (χ4n) is 7.28. The number of nitrogens with zero attached hydrogens (tertiary/aromatic N) is 4. The van der Waals surface area contributed by atoms with Crippen molar-refractivity contribution in [1.29, 1.82) is 0 Å². The van der Waals surface area contributed by atoms with E-state index in [-0.39, 0.29) is 23.9 Å². The van der Waals surface area contributed by atoms with E-state index in [9.17, 15) is 19.2 Å². The summed E-state index contributed by atoms with van der Waals surface area (Å²) in [5.41, 5.74) is 4.44. The summed E-state index contributed by atoms with van der Waals surface area (Å²) >= 11 is 0. The lowest BCUT2D eigenvalue weighted by atomic mass is 10.1. The lowest BCUT2D eigenvalue weighted by Crippen LogP contribution is -2.42. The van der Waals surface area contributed by atoms with Gasteiger partial charge in [-0.1, -0.05) is 78.7 Å². The SMILES string of the molecule is COC(=O)N[C@@H](C(=O)N1CCC[C@@H]1c1ncc(C#Cc2ccc(-c3cnc([C@H]4CCCN4C(=O)[C@H](NC(=O)OC)c4ccccc4)[nH]3)cc2)[nH]1)c1ccccc1. The largest absolute Gasteiger partial charge is 0.453 e. The molecule has 0 bridgehead atoms. The zero-order valence-corrected chi connectivity index (χ0v) is 31.0. The Kier molecular flexibility index (Phi) is 11.4. The molecule has 3 aromatic carbocycles. The minimum absolute atomic E-state index is 0.229. The molecule has 2 aliphatic rings. The number of H-pyrrole nitrogens is 2.